The van der Waals surface area contributed by atoms with E-state index >= 15 is 0 Å². The van der Waals surface area contributed by atoms with Gasteiger partial charge >= 0.3 is 0 Å². The summed E-state index contributed by atoms with van der Waals surface area (Å²) >= 11 is 0. The van der Waals surface area contributed by atoms with Crippen LogP contribution in [0.3, 0.4) is 0 Å². The predicted octanol–water partition coefficient (Wildman–Crippen LogP) is 1.37. The van der Waals surface area contributed by atoms with Crippen molar-refractivity contribution in [2.45, 2.75) is 37.6 Å². The first-order valence-electron chi connectivity index (χ1n) is 9.09. The van der Waals surface area contributed by atoms with Crippen molar-refractivity contribution < 1.29 is 34.3 Å². The Labute approximate surface area is 165 Å². The predicted molar refractivity (Wildman–Crippen MR) is 103 cm³/mol. The minimum Gasteiger partial charge on any atom is -0.507 e. The molecule has 8 heteroatoms. The van der Waals surface area contributed by atoms with Crippen molar-refractivity contribution in [3.8, 4) is 22.8 Å². The zero-order valence-corrected chi connectivity index (χ0v) is 15.4. The molecule has 1 aliphatic heterocycles. The van der Waals surface area contributed by atoms with Gasteiger partial charge in [0.25, 0.3) is 0 Å². The second-order valence-electron chi connectivity index (χ2n) is 6.90. The Morgan fingerprint density at radius 1 is 0.931 bits per heavy atom. The molecular formula is C21H20O8. The van der Waals surface area contributed by atoms with E-state index in [1.807, 2.05) is 0 Å². The van der Waals surface area contributed by atoms with E-state index in [2.05, 4.69) is 0 Å². The van der Waals surface area contributed by atoms with Crippen molar-refractivity contribution in [1.82, 2.24) is 0 Å². The number of benzene rings is 2. The summed E-state index contributed by atoms with van der Waals surface area (Å²) in [5, 5.41) is 40.2. The average molecular weight is 400 g/mol. The third-order valence-corrected chi connectivity index (χ3v) is 4.93. The maximum Gasteiger partial charge on any atom is 0.239 e. The molecule has 4 rings (SSSR count). The molecule has 8 nitrogen and oxygen atoms in total. The molecule has 1 aliphatic rings. The second-order valence-corrected chi connectivity index (χ2v) is 6.90. The van der Waals surface area contributed by atoms with E-state index in [1.54, 1.807) is 42.5 Å². The number of phenolic OH excluding ortho intramolecular Hbond substituents is 1. The largest absolute Gasteiger partial charge is 0.507 e. The van der Waals surface area contributed by atoms with E-state index in [0.717, 1.165) is 0 Å². The molecule has 1 unspecified atom stereocenters. The number of ether oxygens (including phenoxy) is 2. The molecule has 0 spiro atoms. The molecule has 1 fully saturated rings. The highest BCUT2D eigenvalue weighted by Gasteiger charge is 2.43. The SMILES string of the molecule is C[C@H]1OC(Oc2c(-c3ccccc3)oc3cccc(O)c3c2=O)[C@H](O)[C@@H](O)[C@H]1O. The van der Waals surface area contributed by atoms with E-state index < -0.39 is 36.1 Å². The van der Waals surface area contributed by atoms with E-state index in [4.69, 9.17) is 13.9 Å². The van der Waals surface area contributed by atoms with Crippen LogP contribution in [0.1, 0.15) is 6.92 Å². The molecule has 0 aliphatic carbocycles. The molecule has 1 saturated heterocycles. The molecule has 5 atom stereocenters. The van der Waals surface area contributed by atoms with Gasteiger partial charge in [-0.15, -0.1) is 0 Å². The van der Waals surface area contributed by atoms with Gasteiger partial charge in [-0.25, -0.2) is 0 Å². The Kier molecular flexibility index (Phi) is 5.01. The average Bonchev–Trinajstić information content (AvgIpc) is 2.72. The summed E-state index contributed by atoms with van der Waals surface area (Å²) in [6.45, 7) is 1.50. The molecule has 1 aromatic heterocycles. The van der Waals surface area contributed by atoms with Crippen molar-refractivity contribution in [2.75, 3.05) is 0 Å². The van der Waals surface area contributed by atoms with E-state index in [1.165, 1.54) is 13.0 Å². The molecule has 4 N–H and O–H groups in total. The smallest absolute Gasteiger partial charge is 0.239 e. The van der Waals surface area contributed by atoms with Crippen LogP contribution < -0.4 is 10.2 Å². The van der Waals surface area contributed by atoms with E-state index in [0.29, 0.717) is 5.56 Å². The molecule has 3 aromatic rings. The Hall–Kier alpha value is -2.91. The molecule has 0 bridgehead atoms. The van der Waals surface area contributed by atoms with Gasteiger partial charge in [0, 0.05) is 5.56 Å². The van der Waals surface area contributed by atoms with Gasteiger partial charge in [-0.1, -0.05) is 36.4 Å². The lowest BCUT2D eigenvalue weighted by molar-refractivity contribution is -0.268. The highest BCUT2D eigenvalue weighted by Crippen LogP contribution is 2.35. The van der Waals surface area contributed by atoms with Crippen LogP contribution in [0.4, 0.5) is 0 Å². The lowest BCUT2D eigenvalue weighted by Crippen LogP contribution is -2.58. The van der Waals surface area contributed by atoms with Gasteiger partial charge in [0.2, 0.25) is 17.5 Å². The molecule has 29 heavy (non-hydrogen) atoms. The fourth-order valence-corrected chi connectivity index (χ4v) is 3.32. The standard InChI is InChI=1S/C21H20O8/c1-10-15(23)17(25)18(26)21(27-10)29-20-16(24)14-12(22)8-5-9-13(14)28-19(20)11-6-3-2-4-7-11/h2-10,15,17-18,21-23,25-26H,1H3/t10-,15+,17+,18-,21?/m1/s1. The van der Waals surface area contributed by atoms with Crippen LogP contribution in [0, 0.1) is 0 Å². The minimum atomic E-state index is -1.61. The number of fused-ring (bicyclic) bond motifs is 1. The van der Waals surface area contributed by atoms with Gasteiger partial charge in [-0.05, 0) is 19.1 Å². The van der Waals surface area contributed by atoms with Crippen LogP contribution in [0.25, 0.3) is 22.3 Å². The van der Waals surface area contributed by atoms with Crippen LogP contribution in [-0.2, 0) is 4.74 Å². The topological polar surface area (TPSA) is 130 Å². The number of rotatable bonds is 3. The summed E-state index contributed by atoms with van der Waals surface area (Å²) in [7, 11) is 0. The Bertz CT molecular complexity index is 1080. The van der Waals surface area contributed by atoms with Gasteiger partial charge in [-0.2, -0.15) is 0 Å². The van der Waals surface area contributed by atoms with Crippen molar-refractivity contribution >= 4 is 11.0 Å². The zero-order valence-electron chi connectivity index (χ0n) is 15.4. The van der Waals surface area contributed by atoms with E-state index in [-0.39, 0.29) is 28.2 Å². The highest BCUT2D eigenvalue weighted by atomic mass is 16.7. The van der Waals surface area contributed by atoms with Crippen molar-refractivity contribution in [3.05, 3.63) is 58.8 Å². The number of aromatic hydroxyl groups is 1. The lowest BCUT2D eigenvalue weighted by atomic mass is 10.00. The molecule has 2 heterocycles. The van der Waals surface area contributed by atoms with Crippen LogP contribution in [-0.4, -0.2) is 51.1 Å². The number of hydrogen-bond acceptors (Lipinski definition) is 8. The Morgan fingerprint density at radius 2 is 1.66 bits per heavy atom. The zero-order chi connectivity index (χ0) is 20.7. The number of hydrogen-bond donors (Lipinski definition) is 4. The van der Waals surface area contributed by atoms with Crippen molar-refractivity contribution in [3.63, 3.8) is 0 Å². The Balaban J connectivity index is 1.87. The molecular weight excluding hydrogens is 380 g/mol. The maximum absolute atomic E-state index is 13.2. The maximum atomic E-state index is 13.2. The summed E-state index contributed by atoms with van der Waals surface area (Å²) in [5.74, 6) is -0.488. The van der Waals surface area contributed by atoms with Gasteiger partial charge in [-0.3, -0.25) is 4.79 Å². The van der Waals surface area contributed by atoms with Crippen LogP contribution in [0.15, 0.2) is 57.7 Å². The van der Waals surface area contributed by atoms with Gasteiger partial charge < -0.3 is 34.3 Å². The fourth-order valence-electron chi connectivity index (χ4n) is 3.32. The third-order valence-electron chi connectivity index (χ3n) is 4.93. The molecule has 0 amide bonds. The van der Waals surface area contributed by atoms with Crippen LogP contribution in [0.2, 0.25) is 0 Å². The fraction of sp³-hybridized carbons (Fsp3) is 0.286. The first kappa shape index (κ1) is 19.4. The molecule has 0 saturated carbocycles. The monoisotopic (exact) mass is 400 g/mol. The third kappa shape index (κ3) is 3.36. The molecule has 152 valence electrons. The first-order valence-corrected chi connectivity index (χ1v) is 9.09. The summed E-state index contributed by atoms with van der Waals surface area (Å²) in [4.78, 5) is 13.2. The van der Waals surface area contributed by atoms with Gasteiger partial charge in [0.05, 0.1) is 6.10 Å². The summed E-state index contributed by atoms with van der Waals surface area (Å²) in [6, 6.07) is 13.1. The van der Waals surface area contributed by atoms with E-state index in [9.17, 15) is 25.2 Å². The van der Waals surface area contributed by atoms with Crippen molar-refractivity contribution in [1.29, 1.82) is 0 Å². The van der Waals surface area contributed by atoms with Crippen LogP contribution in [0.5, 0.6) is 11.5 Å². The quantitative estimate of drug-likeness (QED) is 0.519. The highest BCUT2D eigenvalue weighted by molar-refractivity contribution is 5.86. The van der Waals surface area contributed by atoms with Gasteiger partial charge in [0.1, 0.15) is 35.0 Å². The number of aliphatic hydroxyl groups is 3. The summed E-state index contributed by atoms with van der Waals surface area (Å²) in [5.41, 5.74) is 0.0335. The summed E-state index contributed by atoms with van der Waals surface area (Å²) in [6.07, 6.45) is -6.72. The lowest BCUT2D eigenvalue weighted by Gasteiger charge is -2.38. The summed E-state index contributed by atoms with van der Waals surface area (Å²) < 4.78 is 17.0. The molecule has 2 aromatic carbocycles. The van der Waals surface area contributed by atoms with Gasteiger partial charge in [0.15, 0.2) is 5.76 Å². The first-order chi connectivity index (χ1) is 13.9. The Morgan fingerprint density at radius 3 is 2.38 bits per heavy atom. The molecule has 0 radical (unpaired) electrons. The second kappa shape index (κ2) is 7.49. The minimum absolute atomic E-state index is 0.0813. The number of phenols is 1. The van der Waals surface area contributed by atoms with Crippen LogP contribution >= 0.6 is 0 Å². The normalized spacial score (nSPS) is 27.1. The van der Waals surface area contributed by atoms with Crippen molar-refractivity contribution in [2.24, 2.45) is 0 Å². The number of aliphatic hydroxyl groups excluding tert-OH is 3.